The molecule has 2 aliphatic rings. The van der Waals surface area contributed by atoms with Crippen molar-refractivity contribution in [2.24, 2.45) is 5.92 Å². The van der Waals surface area contributed by atoms with Crippen LogP contribution in [0, 0.1) is 11.7 Å². The molecule has 26 heavy (non-hydrogen) atoms. The molecule has 2 aromatic carbocycles. The Morgan fingerprint density at radius 2 is 1.46 bits per heavy atom. The molecule has 0 radical (unpaired) electrons. The van der Waals surface area contributed by atoms with Gasteiger partial charge in [-0.1, -0.05) is 36.4 Å². The van der Waals surface area contributed by atoms with Gasteiger partial charge in [0.15, 0.2) is 0 Å². The molecule has 1 heterocycles. The van der Waals surface area contributed by atoms with Gasteiger partial charge in [0.2, 0.25) is 5.91 Å². The largest absolute Gasteiger partial charge is 0.340 e. The average molecular weight is 352 g/mol. The van der Waals surface area contributed by atoms with E-state index < -0.39 is 0 Å². The van der Waals surface area contributed by atoms with E-state index >= 15 is 0 Å². The Hall–Kier alpha value is -2.20. The van der Waals surface area contributed by atoms with Crippen LogP contribution >= 0.6 is 0 Å². The van der Waals surface area contributed by atoms with E-state index in [0.29, 0.717) is 6.42 Å². The topological polar surface area (TPSA) is 23.6 Å². The second-order valence-corrected chi connectivity index (χ2v) is 7.51. The first-order valence-corrected chi connectivity index (χ1v) is 9.52. The van der Waals surface area contributed by atoms with Crippen molar-refractivity contribution in [1.29, 1.82) is 0 Å². The quantitative estimate of drug-likeness (QED) is 0.821. The lowest BCUT2D eigenvalue weighted by Crippen LogP contribution is -2.49. The maximum absolute atomic E-state index is 13.0. The van der Waals surface area contributed by atoms with Gasteiger partial charge in [-0.3, -0.25) is 9.69 Å². The van der Waals surface area contributed by atoms with Crippen LogP contribution in [0.15, 0.2) is 48.5 Å². The molecule has 0 bridgehead atoms. The van der Waals surface area contributed by atoms with E-state index in [0.717, 1.165) is 48.8 Å². The molecule has 1 amide bonds. The summed E-state index contributed by atoms with van der Waals surface area (Å²) in [7, 11) is 0. The summed E-state index contributed by atoms with van der Waals surface area (Å²) in [5.74, 6) is 0.899. The molecule has 4 rings (SSSR count). The van der Waals surface area contributed by atoms with Crippen LogP contribution in [0.3, 0.4) is 0 Å². The molecule has 1 aliphatic heterocycles. The van der Waals surface area contributed by atoms with Crippen molar-refractivity contribution in [1.82, 2.24) is 9.80 Å². The Morgan fingerprint density at radius 3 is 2.04 bits per heavy atom. The number of amides is 1. The van der Waals surface area contributed by atoms with Gasteiger partial charge >= 0.3 is 0 Å². The fraction of sp³-hybridized carbons (Fsp3) is 0.409. The number of hydrogen-bond acceptors (Lipinski definition) is 2. The van der Waals surface area contributed by atoms with Gasteiger partial charge in [0, 0.05) is 32.7 Å². The van der Waals surface area contributed by atoms with Crippen LogP contribution in [0.2, 0.25) is 0 Å². The second-order valence-electron chi connectivity index (χ2n) is 7.51. The minimum Gasteiger partial charge on any atom is -0.340 e. The highest BCUT2D eigenvalue weighted by Gasteiger charge is 2.27. The van der Waals surface area contributed by atoms with Gasteiger partial charge in [0.05, 0.1) is 6.42 Å². The van der Waals surface area contributed by atoms with Gasteiger partial charge in [0.1, 0.15) is 5.82 Å². The van der Waals surface area contributed by atoms with E-state index in [4.69, 9.17) is 0 Å². The molecule has 4 heteroatoms. The van der Waals surface area contributed by atoms with E-state index in [9.17, 15) is 9.18 Å². The van der Waals surface area contributed by atoms with Gasteiger partial charge in [-0.15, -0.1) is 0 Å². The van der Waals surface area contributed by atoms with E-state index in [1.54, 1.807) is 12.1 Å². The second kappa shape index (κ2) is 7.58. The fourth-order valence-electron chi connectivity index (χ4n) is 3.59. The van der Waals surface area contributed by atoms with Crippen molar-refractivity contribution >= 4 is 5.91 Å². The van der Waals surface area contributed by atoms with Crippen molar-refractivity contribution in [2.45, 2.75) is 19.3 Å². The zero-order chi connectivity index (χ0) is 17.9. The summed E-state index contributed by atoms with van der Waals surface area (Å²) in [6, 6.07) is 14.5. The molecule has 0 aromatic heterocycles. The first-order chi connectivity index (χ1) is 12.7. The number of piperazine rings is 1. The Bertz CT molecular complexity index is 745. The van der Waals surface area contributed by atoms with Crippen LogP contribution in [-0.2, 0) is 11.2 Å². The van der Waals surface area contributed by atoms with Gasteiger partial charge < -0.3 is 4.90 Å². The zero-order valence-corrected chi connectivity index (χ0v) is 15.0. The maximum atomic E-state index is 13.0. The van der Waals surface area contributed by atoms with Crippen LogP contribution in [0.5, 0.6) is 0 Å². The molecule has 1 saturated heterocycles. The number of carbonyl (C=O) groups is 1. The Balaban J connectivity index is 1.30. The maximum Gasteiger partial charge on any atom is 0.227 e. The average Bonchev–Trinajstić information content (AvgIpc) is 3.48. The molecule has 1 saturated carbocycles. The summed E-state index contributed by atoms with van der Waals surface area (Å²) < 4.78 is 13.0. The van der Waals surface area contributed by atoms with Crippen molar-refractivity contribution in [3.05, 3.63) is 59.9 Å². The molecular weight excluding hydrogens is 327 g/mol. The van der Waals surface area contributed by atoms with E-state index in [2.05, 4.69) is 4.90 Å². The molecule has 2 aromatic rings. The smallest absolute Gasteiger partial charge is 0.227 e. The SMILES string of the molecule is O=C(Cc1ccc(-c2ccc(F)cc2)cc1)N1CCN(CC2CC2)CC1. The molecule has 0 spiro atoms. The summed E-state index contributed by atoms with van der Waals surface area (Å²) in [6.45, 7) is 4.92. The predicted molar refractivity (Wildman–Crippen MR) is 101 cm³/mol. The number of halogens is 1. The number of carbonyl (C=O) groups excluding carboxylic acids is 1. The lowest BCUT2D eigenvalue weighted by atomic mass is 10.0. The monoisotopic (exact) mass is 352 g/mol. The van der Waals surface area contributed by atoms with Gasteiger partial charge in [-0.05, 0) is 47.6 Å². The Labute approximate surface area is 154 Å². The van der Waals surface area contributed by atoms with E-state index in [1.165, 1.54) is 31.5 Å². The number of hydrogen-bond donors (Lipinski definition) is 0. The lowest BCUT2D eigenvalue weighted by Gasteiger charge is -2.34. The number of rotatable bonds is 5. The van der Waals surface area contributed by atoms with Gasteiger partial charge in [-0.25, -0.2) is 4.39 Å². The summed E-state index contributed by atoms with van der Waals surface area (Å²) in [4.78, 5) is 17.1. The van der Waals surface area contributed by atoms with Crippen LogP contribution < -0.4 is 0 Å². The minimum atomic E-state index is -0.229. The highest BCUT2D eigenvalue weighted by molar-refractivity contribution is 5.79. The first-order valence-electron chi connectivity index (χ1n) is 9.52. The Kier molecular flexibility index (Phi) is 5.02. The summed E-state index contributed by atoms with van der Waals surface area (Å²) in [6.07, 6.45) is 3.21. The molecule has 0 atom stereocenters. The van der Waals surface area contributed by atoms with Crippen LogP contribution in [0.4, 0.5) is 4.39 Å². The zero-order valence-electron chi connectivity index (χ0n) is 15.0. The molecule has 0 N–H and O–H groups in total. The third kappa shape index (κ3) is 4.31. The molecule has 1 aliphatic carbocycles. The minimum absolute atomic E-state index is 0.214. The van der Waals surface area contributed by atoms with Gasteiger partial charge in [0.25, 0.3) is 0 Å². The molecule has 2 fully saturated rings. The predicted octanol–water partition coefficient (Wildman–Crippen LogP) is 3.59. The standard InChI is InChI=1S/C22H25FN2O/c23-21-9-7-20(8-10-21)19-5-3-17(4-6-19)15-22(26)25-13-11-24(12-14-25)16-18-1-2-18/h3-10,18H,1-2,11-16H2. The Morgan fingerprint density at radius 1 is 0.885 bits per heavy atom. The third-order valence-corrected chi connectivity index (χ3v) is 5.43. The normalized spacial score (nSPS) is 18.1. The summed E-state index contributed by atoms with van der Waals surface area (Å²) in [5.41, 5.74) is 3.05. The number of benzene rings is 2. The molecule has 136 valence electrons. The van der Waals surface area contributed by atoms with Gasteiger partial charge in [-0.2, -0.15) is 0 Å². The van der Waals surface area contributed by atoms with E-state index in [1.807, 2.05) is 29.2 Å². The highest BCUT2D eigenvalue weighted by atomic mass is 19.1. The van der Waals surface area contributed by atoms with E-state index in [-0.39, 0.29) is 11.7 Å². The van der Waals surface area contributed by atoms with Crippen molar-refractivity contribution in [3.8, 4) is 11.1 Å². The van der Waals surface area contributed by atoms with Crippen molar-refractivity contribution in [2.75, 3.05) is 32.7 Å². The van der Waals surface area contributed by atoms with Crippen molar-refractivity contribution in [3.63, 3.8) is 0 Å². The summed E-state index contributed by atoms with van der Waals surface area (Å²) in [5, 5.41) is 0. The fourth-order valence-corrected chi connectivity index (χ4v) is 3.59. The summed E-state index contributed by atoms with van der Waals surface area (Å²) >= 11 is 0. The first kappa shape index (κ1) is 17.2. The molecule has 3 nitrogen and oxygen atoms in total. The third-order valence-electron chi connectivity index (χ3n) is 5.43. The number of nitrogens with zero attached hydrogens (tertiary/aromatic N) is 2. The highest BCUT2D eigenvalue weighted by Crippen LogP contribution is 2.30. The molecule has 0 unspecified atom stereocenters. The lowest BCUT2D eigenvalue weighted by molar-refractivity contribution is -0.132. The molecular formula is C22H25FN2O. The van der Waals surface area contributed by atoms with Crippen molar-refractivity contribution < 1.29 is 9.18 Å². The van der Waals surface area contributed by atoms with Crippen LogP contribution in [-0.4, -0.2) is 48.4 Å². The van der Waals surface area contributed by atoms with Crippen LogP contribution in [0.1, 0.15) is 18.4 Å². The van der Waals surface area contributed by atoms with Crippen LogP contribution in [0.25, 0.3) is 11.1 Å².